The lowest BCUT2D eigenvalue weighted by Crippen LogP contribution is -2.23. The van der Waals surface area contributed by atoms with Crippen LogP contribution in [0, 0.1) is 5.92 Å². The van der Waals surface area contributed by atoms with Crippen molar-refractivity contribution in [1.29, 1.82) is 0 Å². The Labute approximate surface area is 157 Å². The Morgan fingerprint density at radius 2 is 1.46 bits per heavy atom. The minimum absolute atomic E-state index is 0.125. The molecule has 0 heterocycles. The van der Waals surface area contributed by atoms with Crippen LogP contribution in [0.1, 0.15) is 18.9 Å². The van der Waals surface area contributed by atoms with E-state index in [1.54, 1.807) is 57.5 Å². The molecule has 0 aliphatic rings. The smallest absolute Gasteiger partial charge is 0.317 e. The number of esters is 1. The highest BCUT2D eigenvalue weighted by Crippen LogP contribution is 2.26. The van der Waals surface area contributed by atoms with Crippen molar-refractivity contribution in [3.05, 3.63) is 54.1 Å². The van der Waals surface area contributed by atoms with E-state index in [4.69, 9.17) is 14.2 Å². The summed E-state index contributed by atoms with van der Waals surface area (Å²) in [4.78, 5) is 25.5. The predicted octanol–water partition coefficient (Wildman–Crippen LogP) is 4.09. The van der Waals surface area contributed by atoms with Gasteiger partial charge >= 0.3 is 5.97 Å². The van der Waals surface area contributed by atoms with Gasteiger partial charge in [-0.05, 0) is 48.4 Å². The second-order valence-electron chi connectivity index (χ2n) is 5.51. The summed E-state index contributed by atoms with van der Waals surface area (Å²) >= 11 is 1.04. The van der Waals surface area contributed by atoms with E-state index in [2.05, 4.69) is 0 Å². The van der Waals surface area contributed by atoms with Gasteiger partial charge in [0, 0.05) is 4.90 Å². The maximum Gasteiger partial charge on any atom is 0.317 e. The molecular weight excluding hydrogens is 352 g/mol. The molecule has 0 aliphatic heterocycles. The van der Waals surface area contributed by atoms with Crippen LogP contribution >= 0.6 is 11.8 Å². The quantitative estimate of drug-likeness (QED) is 0.394. The van der Waals surface area contributed by atoms with Gasteiger partial charge in [0.1, 0.15) is 24.0 Å². The van der Waals surface area contributed by atoms with Gasteiger partial charge in [0.25, 0.3) is 0 Å². The number of thioether (sulfide) groups is 1. The fourth-order valence-corrected chi connectivity index (χ4v) is 3.15. The Morgan fingerprint density at radius 1 is 0.923 bits per heavy atom. The highest BCUT2D eigenvalue weighted by molar-refractivity contribution is 8.13. The first-order chi connectivity index (χ1) is 12.6. The molecule has 2 aromatic carbocycles. The van der Waals surface area contributed by atoms with Crippen molar-refractivity contribution in [3.8, 4) is 11.5 Å². The zero-order valence-corrected chi connectivity index (χ0v) is 15.9. The van der Waals surface area contributed by atoms with E-state index < -0.39 is 11.9 Å². The predicted molar refractivity (Wildman–Crippen MR) is 100 cm³/mol. The third-order valence-corrected chi connectivity index (χ3v) is 4.79. The maximum absolute atomic E-state index is 12.4. The molecule has 1 atom stereocenters. The van der Waals surface area contributed by atoms with E-state index in [0.717, 1.165) is 28.0 Å². The van der Waals surface area contributed by atoms with Gasteiger partial charge in [0.15, 0.2) is 0 Å². The first kappa shape index (κ1) is 19.8. The van der Waals surface area contributed by atoms with Crippen molar-refractivity contribution in [3.63, 3.8) is 0 Å². The molecule has 0 saturated heterocycles. The van der Waals surface area contributed by atoms with Gasteiger partial charge in [-0.3, -0.25) is 9.59 Å². The van der Waals surface area contributed by atoms with E-state index in [1.807, 2.05) is 12.1 Å². The minimum atomic E-state index is -0.791. The standard InChI is InChI=1S/C20H22O5S/c1-4-18(20(22)26-17-11-9-16(24-3)10-12-17)19(21)25-13-14-5-7-15(23-2)8-6-14/h5-12,18H,4,13H2,1-3H3. The number of benzene rings is 2. The van der Waals surface area contributed by atoms with Gasteiger partial charge in [-0.15, -0.1) is 0 Å². The van der Waals surface area contributed by atoms with Gasteiger partial charge in [-0.1, -0.05) is 30.8 Å². The number of methoxy groups -OCH3 is 2. The van der Waals surface area contributed by atoms with Gasteiger partial charge < -0.3 is 14.2 Å². The normalized spacial score (nSPS) is 11.5. The number of carbonyl (C=O) groups is 2. The average Bonchev–Trinajstić information content (AvgIpc) is 2.68. The lowest BCUT2D eigenvalue weighted by Gasteiger charge is -2.13. The van der Waals surface area contributed by atoms with Gasteiger partial charge in [-0.25, -0.2) is 0 Å². The van der Waals surface area contributed by atoms with Crippen molar-refractivity contribution in [1.82, 2.24) is 0 Å². The van der Waals surface area contributed by atoms with Crippen LogP contribution in [0.4, 0.5) is 0 Å². The summed E-state index contributed by atoms with van der Waals surface area (Å²) < 4.78 is 15.5. The van der Waals surface area contributed by atoms with E-state index in [9.17, 15) is 9.59 Å². The summed E-state index contributed by atoms with van der Waals surface area (Å²) in [5.41, 5.74) is 0.837. The van der Waals surface area contributed by atoms with Crippen molar-refractivity contribution in [2.24, 2.45) is 5.92 Å². The van der Waals surface area contributed by atoms with Crippen LogP contribution in [0.3, 0.4) is 0 Å². The van der Waals surface area contributed by atoms with Crippen LogP contribution in [0.2, 0.25) is 0 Å². The molecule has 0 aliphatic carbocycles. The molecule has 0 saturated carbocycles. The largest absolute Gasteiger partial charge is 0.497 e. The van der Waals surface area contributed by atoms with Crippen molar-refractivity contribution < 1.29 is 23.8 Å². The van der Waals surface area contributed by atoms with Gasteiger partial charge in [0.2, 0.25) is 5.12 Å². The lowest BCUT2D eigenvalue weighted by molar-refractivity contribution is -0.151. The third-order valence-electron chi connectivity index (χ3n) is 3.80. The summed E-state index contributed by atoms with van der Waals surface area (Å²) in [5, 5.41) is -0.225. The number of hydrogen-bond acceptors (Lipinski definition) is 6. The second kappa shape index (κ2) is 9.87. The summed E-state index contributed by atoms with van der Waals surface area (Å²) in [6.45, 7) is 1.92. The SMILES string of the molecule is CCC(C(=O)OCc1ccc(OC)cc1)C(=O)Sc1ccc(OC)cc1. The molecule has 0 amide bonds. The Hall–Kier alpha value is -2.47. The van der Waals surface area contributed by atoms with Gasteiger partial charge in [-0.2, -0.15) is 0 Å². The van der Waals surface area contributed by atoms with E-state index in [1.165, 1.54) is 0 Å². The lowest BCUT2D eigenvalue weighted by atomic mass is 10.1. The van der Waals surface area contributed by atoms with Gasteiger partial charge in [0.05, 0.1) is 14.2 Å². The van der Waals surface area contributed by atoms with Crippen molar-refractivity contribution in [2.45, 2.75) is 24.8 Å². The number of ether oxygens (including phenoxy) is 3. The Balaban J connectivity index is 1.92. The molecule has 5 nitrogen and oxygen atoms in total. The molecule has 0 aromatic heterocycles. The minimum Gasteiger partial charge on any atom is -0.497 e. The number of carbonyl (C=O) groups excluding carboxylic acids is 2. The molecule has 2 rings (SSSR count). The number of rotatable bonds is 8. The highest BCUT2D eigenvalue weighted by atomic mass is 32.2. The van der Waals surface area contributed by atoms with E-state index in [0.29, 0.717) is 12.2 Å². The van der Waals surface area contributed by atoms with Crippen LogP contribution in [-0.2, 0) is 20.9 Å². The third kappa shape index (κ3) is 5.52. The summed E-state index contributed by atoms with van der Waals surface area (Å²) in [7, 11) is 3.17. The van der Waals surface area contributed by atoms with E-state index >= 15 is 0 Å². The first-order valence-electron chi connectivity index (χ1n) is 8.22. The maximum atomic E-state index is 12.4. The first-order valence-corrected chi connectivity index (χ1v) is 9.04. The molecule has 26 heavy (non-hydrogen) atoms. The Morgan fingerprint density at radius 3 is 1.96 bits per heavy atom. The molecule has 0 radical (unpaired) electrons. The van der Waals surface area contributed by atoms with Crippen molar-refractivity contribution in [2.75, 3.05) is 14.2 Å². The molecular formula is C20H22O5S. The summed E-state index contributed by atoms with van der Waals surface area (Å²) in [6.07, 6.45) is 0.392. The molecule has 0 N–H and O–H groups in total. The highest BCUT2D eigenvalue weighted by Gasteiger charge is 2.27. The zero-order valence-electron chi connectivity index (χ0n) is 15.1. The monoisotopic (exact) mass is 374 g/mol. The molecule has 0 spiro atoms. The summed E-state index contributed by atoms with van der Waals surface area (Å²) in [5.74, 6) is 0.153. The molecule has 2 aromatic rings. The fourth-order valence-electron chi connectivity index (χ4n) is 2.24. The topological polar surface area (TPSA) is 61.8 Å². The fraction of sp³-hybridized carbons (Fsp3) is 0.300. The van der Waals surface area contributed by atoms with Crippen molar-refractivity contribution >= 4 is 22.8 Å². The van der Waals surface area contributed by atoms with Crippen LogP contribution in [0.25, 0.3) is 0 Å². The Bertz CT molecular complexity index is 725. The van der Waals surface area contributed by atoms with Crippen LogP contribution in [0.5, 0.6) is 11.5 Å². The molecule has 0 fully saturated rings. The van der Waals surface area contributed by atoms with Crippen LogP contribution in [0.15, 0.2) is 53.4 Å². The molecule has 6 heteroatoms. The zero-order chi connectivity index (χ0) is 18.9. The number of hydrogen-bond donors (Lipinski definition) is 0. The Kier molecular flexibility index (Phi) is 7.53. The summed E-state index contributed by atoms with van der Waals surface area (Å²) in [6, 6.07) is 14.4. The van der Waals surface area contributed by atoms with Crippen LogP contribution in [-0.4, -0.2) is 25.3 Å². The molecule has 1 unspecified atom stereocenters. The van der Waals surface area contributed by atoms with E-state index in [-0.39, 0.29) is 11.7 Å². The molecule has 0 bridgehead atoms. The average molecular weight is 374 g/mol. The molecule has 138 valence electrons. The van der Waals surface area contributed by atoms with Crippen LogP contribution < -0.4 is 9.47 Å². The second-order valence-corrected chi connectivity index (χ2v) is 6.59.